The number of carbonyl (C=O) groups is 2. The smallest absolute Gasteiger partial charge is 0.332 e. The van der Waals surface area contributed by atoms with Crippen molar-refractivity contribution >= 4 is 23.2 Å². The van der Waals surface area contributed by atoms with E-state index in [1.807, 2.05) is 30.3 Å². The minimum absolute atomic E-state index is 0.162. The maximum atomic E-state index is 12.5. The van der Waals surface area contributed by atoms with Gasteiger partial charge in [0.1, 0.15) is 17.2 Å². The van der Waals surface area contributed by atoms with Gasteiger partial charge in [0.25, 0.3) is 0 Å². The van der Waals surface area contributed by atoms with Gasteiger partial charge < -0.3 is 10.1 Å². The zero-order valence-corrected chi connectivity index (χ0v) is 14.6. The van der Waals surface area contributed by atoms with E-state index in [4.69, 9.17) is 4.74 Å². The van der Waals surface area contributed by atoms with Crippen molar-refractivity contribution in [1.29, 1.82) is 0 Å². The average molecular weight is 344 g/mol. The zero-order valence-electron chi connectivity index (χ0n) is 13.7. The summed E-state index contributed by atoms with van der Waals surface area (Å²) in [4.78, 5) is 29.1. The maximum absolute atomic E-state index is 12.5. The van der Waals surface area contributed by atoms with Crippen LogP contribution in [0.3, 0.4) is 0 Å². The molecule has 0 saturated heterocycles. The average Bonchev–Trinajstić information content (AvgIpc) is 3.32. The molecule has 0 unspecified atom stereocenters. The molecule has 0 aliphatic heterocycles. The fourth-order valence-electron chi connectivity index (χ4n) is 2.72. The standard InChI is InChI=1S/C18H20N2O3S/c1-12(21)20-18(2,14-8-9-14)17(22)23-11-15-10-19-16(24-15)13-6-4-3-5-7-13/h3-7,10,14H,8-9,11H2,1-2H3,(H,20,21)/t18-/m0/s1. The number of rotatable bonds is 6. The van der Waals surface area contributed by atoms with E-state index >= 15 is 0 Å². The monoisotopic (exact) mass is 344 g/mol. The molecule has 0 bridgehead atoms. The van der Waals surface area contributed by atoms with Crippen molar-refractivity contribution in [3.63, 3.8) is 0 Å². The zero-order chi connectivity index (χ0) is 17.2. The van der Waals surface area contributed by atoms with E-state index in [-0.39, 0.29) is 24.4 Å². The van der Waals surface area contributed by atoms with Crippen LogP contribution in [0.1, 0.15) is 31.6 Å². The van der Waals surface area contributed by atoms with Crippen molar-refractivity contribution in [2.45, 2.75) is 38.8 Å². The normalized spacial score (nSPS) is 16.2. The highest BCUT2D eigenvalue weighted by molar-refractivity contribution is 7.15. The molecule has 1 atom stereocenters. The summed E-state index contributed by atoms with van der Waals surface area (Å²) in [6, 6.07) is 9.88. The number of amides is 1. The number of ether oxygens (including phenoxy) is 1. The topological polar surface area (TPSA) is 68.3 Å². The van der Waals surface area contributed by atoms with Crippen molar-refractivity contribution in [2.24, 2.45) is 5.92 Å². The van der Waals surface area contributed by atoms with Crippen LogP contribution in [0.15, 0.2) is 36.5 Å². The lowest BCUT2D eigenvalue weighted by molar-refractivity contribution is -0.155. The first-order valence-corrected chi connectivity index (χ1v) is 8.77. The van der Waals surface area contributed by atoms with Gasteiger partial charge in [0.05, 0.1) is 4.88 Å². The first-order valence-electron chi connectivity index (χ1n) is 7.95. The van der Waals surface area contributed by atoms with Crippen LogP contribution in [0, 0.1) is 5.92 Å². The summed E-state index contributed by atoms with van der Waals surface area (Å²) >= 11 is 1.50. The molecule has 1 aromatic heterocycles. The van der Waals surface area contributed by atoms with Gasteiger partial charge in [0, 0.05) is 18.7 Å². The largest absolute Gasteiger partial charge is 0.458 e. The molecule has 1 saturated carbocycles. The highest BCUT2D eigenvalue weighted by Gasteiger charge is 2.49. The van der Waals surface area contributed by atoms with E-state index in [2.05, 4.69) is 10.3 Å². The van der Waals surface area contributed by atoms with Gasteiger partial charge in [0.2, 0.25) is 5.91 Å². The van der Waals surface area contributed by atoms with Crippen LogP contribution in [0.25, 0.3) is 10.6 Å². The highest BCUT2D eigenvalue weighted by atomic mass is 32.1. The van der Waals surface area contributed by atoms with Crippen molar-refractivity contribution in [3.8, 4) is 10.6 Å². The van der Waals surface area contributed by atoms with Gasteiger partial charge in [-0.15, -0.1) is 11.3 Å². The Morgan fingerprint density at radius 1 is 1.33 bits per heavy atom. The quantitative estimate of drug-likeness (QED) is 0.817. The summed E-state index contributed by atoms with van der Waals surface area (Å²) in [6.07, 6.45) is 3.60. The molecule has 126 valence electrons. The molecule has 1 heterocycles. The van der Waals surface area contributed by atoms with Gasteiger partial charge in [-0.3, -0.25) is 4.79 Å². The van der Waals surface area contributed by atoms with Crippen LogP contribution in [0.4, 0.5) is 0 Å². The maximum Gasteiger partial charge on any atom is 0.332 e. The summed E-state index contributed by atoms with van der Waals surface area (Å²) in [7, 11) is 0. The van der Waals surface area contributed by atoms with Crippen molar-refractivity contribution in [2.75, 3.05) is 0 Å². The van der Waals surface area contributed by atoms with Crippen LogP contribution in [-0.2, 0) is 20.9 Å². The SMILES string of the molecule is CC(=O)N[C@](C)(C(=O)OCc1cnc(-c2ccccc2)s1)C1CC1. The molecule has 1 aliphatic carbocycles. The summed E-state index contributed by atoms with van der Waals surface area (Å²) in [5.41, 5.74) is 0.111. The first-order chi connectivity index (χ1) is 11.5. The Kier molecular flexibility index (Phi) is 4.66. The van der Waals surface area contributed by atoms with Crippen LogP contribution in [-0.4, -0.2) is 22.4 Å². The Morgan fingerprint density at radius 3 is 2.67 bits per heavy atom. The van der Waals surface area contributed by atoms with Crippen molar-refractivity contribution in [3.05, 3.63) is 41.4 Å². The molecule has 1 amide bonds. The third-order valence-corrected chi connectivity index (χ3v) is 5.19. The fraction of sp³-hybridized carbons (Fsp3) is 0.389. The second-order valence-corrected chi connectivity index (χ2v) is 7.35. The van der Waals surface area contributed by atoms with Crippen LogP contribution < -0.4 is 5.32 Å². The lowest BCUT2D eigenvalue weighted by atomic mass is 9.96. The molecular formula is C18H20N2O3S. The Bertz CT molecular complexity index is 740. The lowest BCUT2D eigenvalue weighted by Crippen LogP contribution is -2.54. The number of hydrogen-bond acceptors (Lipinski definition) is 5. The van der Waals surface area contributed by atoms with E-state index in [0.29, 0.717) is 0 Å². The number of esters is 1. The Hall–Kier alpha value is -2.21. The summed E-state index contributed by atoms with van der Waals surface area (Å²) in [6.45, 7) is 3.34. The minimum Gasteiger partial charge on any atom is -0.458 e. The number of nitrogens with one attached hydrogen (secondary N) is 1. The Balaban J connectivity index is 1.64. The number of hydrogen-bond donors (Lipinski definition) is 1. The van der Waals surface area contributed by atoms with Gasteiger partial charge in [-0.2, -0.15) is 0 Å². The predicted octanol–water partition coefficient (Wildman–Crippen LogP) is 3.16. The third kappa shape index (κ3) is 3.64. The van der Waals surface area contributed by atoms with E-state index in [1.165, 1.54) is 18.3 Å². The molecule has 1 aliphatic rings. The number of thiazole rings is 1. The molecule has 5 nitrogen and oxygen atoms in total. The first kappa shape index (κ1) is 16.6. The van der Waals surface area contributed by atoms with Gasteiger partial charge in [0.15, 0.2) is 0 Å². The van der Waals surface area contributed by atoms with E-state index in [0.717, 1.165) is 28.3 Å². The summed E-state index contributed by atoms with van der Waals surface area (Å²) in [5.74, 6) is -0.435. The van der Waals surface area contributed by atoms with Gasteiger partial charge in [-0.25, -0.2) is 9.78 Å². The molecule has 0 radical (unpaired) electrons. The van der Waals surface area contributed by atoms with Gasteiger partial charge in [-0.05, 0) is 25.7 Å². The summed E-state index contributed by atoms with van der Waals surface area (Å²) in [5, 5.41) is 3.66. The van der Waals surface area contributed by atoms with Crippen molar-refractivity contribution in [1.82, 2.24) is 10.3 Å². The molecule has 3 rings (SSSR count). The summed E-state index contributed by atoms with van der Waals surface area (Å²) < 4.78 is 5.46. The molecule has 1 aromatic carbocycles. The minimum atomic E-state index is -0.932. The Morgan fingerprint density at radius 2 is 2.04 bits per heavy atom. The predicted molar refractivity (Wildman–Crippen MR) is 92.3 cm³/mol. The fourth-order valence-corrected chi connectivity index (χ4v) is 3.55. The van der Waals surface area contributed by atoms with E-state index in [1.54, 1.807) is 13.1 Å². The number of aromatic nitrogens is 1. The van der Waals surface area contributed by atoms with E-state index in [9.17, 15) is 9.59 Å². The Labute approximate surface area is 145 Å². The van der Waals surface area contributed by atoms with Crippen LogP contribution in [0.2, 0.25) is 0 Å². The van der Waals surface area contributed by atoms with Crippen molar-refractivity contribution < 1.29 is 14.3 Å². The number of benzene rings is 1. The number of nitrogens with zero attached hydrogens (tertiary/aromatic N) is 1. The van der Waals surface area contributed by atoms with Crippen LogP contribution >= 0.6 is 11.3 Å². The highest BCUT2D eigenvalue weighted by Crippen LogP contribution is 2.40. The molecule has 6 heteroatoms. The molecule has 0 spiro atoms. The lowest BCUT2D eigenvalue weighted by Gasteiger charge is -2.27. The second-order valence-electron chi connectivity index (χ2n) is 6.23. The molecule has 24 heavy (non-hydrogen) atoms. The molecule has 2 aromatic rings. The number of carbonyl (C=O) groups excluding carboxylic acids is 2. The molecule has 1 fully saturated rings. The third-order valence-electron chi connectivity index (χ3n) is 4.17. The molecular weight excluding hydrogens is 324 g/mol. The van der Waals surface area contributed by atoms with Gasteiger partial charge in [-0.1, -0.05) is 30.3 Å². The van der Waals surface area contributed by atoms with Gasteiger partial charge >= 0.3 is 5.97 Å². The van der Waals surface area contributed by atoms with Crippen LogP contribution in [0.5, 0.6) is 0 Å². The second kappa shape index (κ2) is 6.73. The molecule has 1 N–H and O–H groups in total. The van der Waals surface area contributed by atoms with E-state index < -0.39 is 5.54 Å².